The summed E-state index contributed by atoms with van der Waals surface area (Å²) in [5.74, 6) is -2.04. The van der Waals surface area contributed by atoms with E-state index < -0.39 is 24.3 Å². The van der Waals surface area contributed by atoms with E-state index in [0.717, 1.165) is 89.9 Å². The number of allylic oxidation sites excluding steroid dienone is 16. The van der Waals surface area contributed by atoms with Crippen LogP contribution in [0.2, 0.25) is 0 Å². The number of carbonyl (C=O) groups excluding carboxylic acids is 2. The number of quaternary nitrogens is 1. The monoisotopic (exact) mass is 1100 g/mol. The molecule has 0 saturated carbocycles. The van der Waals surface area contributed by atoms with Gasteiger partial charge < -0.3 is 28.5 Å². The molecule has 0 aromatic carbocycles. The fourth-order valence-electron chi connectivity index (χ4n) is 8.94. The Kier molecular flexibility index (Phi) is 57.4. The lowest BCUT2D eigenvalue weighted by Gasteiger charge is -2.25. The molecule has 0 aliphatic heterocycles. The average molecular weight is 1110 g/mol. The number of nitrogens with zero attached hydrogens (tertiary/aromatic N) is 1. The maximum absolute atomic E-state index is 12.9. The third-order valence-electron chi connectivity index (χ3n) is 13.8. The third-order valence-corrected chi connectivity index (χ3v) is 13.8. The quantitative estimate of drug-likeness (QED) is 0.0211. The van der Waals surface area contributed by atoms with Crippen LogP contribution in [-0.2, 0) is 33.3 Å². The molecule has 454 valence electrons. The fourth-order valence-corrected chi connectivity index (χ4v) is 8.94. The second-order valence-electron chi connectivity index (χ2n) is 22.7. The lowest BCUT2D eigenvalue weighted by atomic mass is 10.0. The number of esters is 2. The van der Waals surface area contributed by atoms with Crippen LogP contribution in [0.1, 0.15) is 271 Å². The first-order valence-corrected chi connectivity index (χ1v) is 32.4. The molecular formula is C70H122NO8+. The van der Waals surface area contributed by atoms with Crippen molar-refractivity contribution in [2.24, 2.45) is 0 Å². The van der Waals surface area contributed by atoms with E-state index >= 15 is 0 Å². The van der Waals surface area contributed by atoms with Crippen LogP contribution in [-0.4, -0.2) is 87.4 Å². The molecule has 0 bridgehead atoms. The van der Waals surface area contributed by atoms with Gasteiger partial charge in [-0.2, -0.15) is 0 Å². The van der Waals surface area contributed by atoms with Crippen molar-refractivity contribution in [1.82, 2.24) is 0 Å². The van der Waals surface area contributed by atoms with Crippen molar-refractivity contribution in [3.63, 3.8) is 0 Å². The van der Waals surface area contributed by atoms with Crippen molar-refractivity contribution in [3.8, 4) is 0 Å². The molecule has 0 spiro atoms. The number of aliphatic carboxylic acids is 1. The van der Waals surface area contributed by atoms with Crippen LogP contribution in [0.4, 0.5) is 0 Å². The molecule has 1 N–H and O–H groups in total. The Labute approximate surface area is 486 Å². The zero-order valence-corrected chi connectivity index (χ0v) is 51.8. The Morgan fingerprint density at radius 3 is 1.03 bits per heavy atom. The Balaban J connectivity index is 3.94. The topological polar surface area (TPSA) is 108 Å². The summed E-state index contributed by atoms with van der Waals surface area (Å²) < 4.78 is 22.8. The first-order chi connectivity index (χ1) is 38.6. The standard InChI is InChI=1S/C70H121NO8/c1-6-8-10-12-14-16-18-20-21-22-23-24-25-26-27-28-29-30-31-32-33-34-35-36-37-38-39-40-41-42-43-44-45-46-47-49-51-53-55-57-59-61-68(73)79-66(65-78-70(69(74)75)76-63-62-71(3,4)5)64-77-67(72)60-58-56-54-52-50-48-19-17-15-13-11-9-7-2/h8-11,14-17,20-21,23-24,26-27,48,50,66,70H,6-7,12-13,18-19,22,25,28-47,49,51-65H2,1-5H3/p+1/b10-8-,11-9-,16-14-,17-15-,21-20-,24-23-,27-26-,50-48-. The molecule has 9 nitrogen and oxygen atoms in total. The number of ether oxygens (including phenoxy) is 4. The molecule has 0 heterocycles. The Bertz CT molecular complexity index is 1620. The molecule has 0 rings (SSSR count). The van der Waals surface area contributed by atoms with Crippen LogP contribution in [0.15, 0.2) is 97.2 Å². The Morgan fingerprint density at radius 1 is 0.380 bits per heavy atom. The molecule has 0 aromatic heterocycles. The summed E-state index contributed by atoms with van der Waals surface area (Å²) in [6, 6.07) is 0. The number of hydrogen-bond donors (Lipinski definition) is 1. The summed E-state index contributed by atoms with van der Waals surface area (Å²) in [4.78, 5) is 37.4. The van der Waals surface area contributed by atoms with Gasteiger partial charge in [-0.05, 0) is 89.9 Å². The first kappa shape index (κ1) is 75.2. The van der Waals surface area contributed by atoms with Gasteiger partial charge in [0.1, 0.15) is 13.2 Å². The zero-order chi connectivity index (χ0) is 57.6. The van der Waals surface area contributed by atoms with Crippen LogP contribution < -0.4 is 0 Å². The zero-order valence-electron chi connectivity index (χ0n) is 51.8. The highest BCUT2D eigenvalue weighted by molar-refractivity contribution is 5.71. The second-order valence-corrected chi connectivity index (χ2v) is 22.7. The maximum Gasteiger partial charge on any atom is 0.361 e. The van der Waals surface area contributed by atoms with Crippen LogP contribution >= 0.6 is 0 Å². The molecule has 0 fully saturated rings. The van der Waals surface area contributed by atoms with Gasteiger partial charge in [-0.3, -0.25) is 9.59 Å². The van der Waals surface area contributed by atoms with Gasteiger partial charge in [-0.1, -0.05) is 265 Å². The van der Waals surface area contributed by atoms with Gasteiger partial charge in [-0.25, -0.2) is 4.79 Å². The predicted molar refractivity (Wildman–Crippen MR) is 336 cm³/mol. The fraction of sp³-hybridized carbons (Fsp3) is 0.729. The van der Waals surface area contributed by atoms with Crippen molar-refractivity contribution in [2.75, 3.05) is 47.5 Å². The molecule has 2 unspecified atom stereocenters. The summed E-state index contributed by atoms with van der Waals surface area (Å²) in [6.45, 7) is 4.62. The summed E-state index contributed by atoms with van der Waals surface area (Å²) >= 11 is 0. The number of unbranched alkanes of at least 4 members (excludes halogenated alkanes) is 28. The average Bonchev–Trinajstić information content (AvgIpc) is 3.42. The molecule has 0 aliphatic rings. The van der Waals surface area contributed by atoms with E-state index in [1.165, 1.54) is 148 Å². The minimum absolute atomic E-state index is 0.181. The van der Waals surface area contributed by atoms with Crippen LogP contribution in [0.3, 0.4) is 0 Å². The van der Waals surface area contributed by atoms with Crippen molar-refractivity contribution in [2.45, 2.75) is 283 Å². The van der Waals surface area contributed by atoms with Gasteiger partial charge in [0.2, 0.25) is 0 Å². The number of hydrogen-bond acceptors (Lipinski definition) is 7. The molecular weight excluding hydrogens is 983 g/mol. The lowest BCUT2D eigenvalue weighted by molar-refractivity contribution is -0.870. The van der Waals surface area contributed by atoms with Gasteiger partial charge in [-0.15, -0.1) is 0 Å². The highest BCUT2D eigenvalue weighted by Crippen LogP contribution is 2.17. The summed E-state index contributed by atoms with van der Waals surface area (Å²) in [7, 11) is 5.96. The van der Waals surface area contributed by atoms with Crippen LogP contribution in [0, 0.1) is 0 Å². The van der Waals surface area contributed by atoms with Crippen molar-refractivity contribution in [1.29, 1.82) is 0 Å². The molecule has 0 saturated heterocycles. The smallest absolute Gasteiger partial charge is 0.361 e. The molecule has 0 amide bonds. The maximum atomic E-state index is 12.9. The van der Waals surface area contributed by atoms with E-state index in [0.29, 0.717) is 17.4 Å². The molecule has 79 heavy (non-hydrogen) atoms. The molecule has 0 aliphatic carbocycles. The van der Waals surface area contributed by atoms with Gasteiger partial charge in [0.15, 0.2) is 6.10 Å². The molecule has 0 radical (unpaired) electrons. The molecule has 0 aromatic rings. The summed E-state index contributed by atoms with van der Waals surface area (Å²) in [5.41, 5.74) is 0. The van der Waals surface area contributed by atoms with Crippen molar-refractivity contribution in [3.05, 3.63) is 97.2 Å². The van der Waals surface area contributed by atoms with Crippen molar-refractivity contribution >= 4 is 17.9 Å². The summed E-state index contributed by atoms with van der Waals surface area (Å²) in [5, 5.41) is 9.70. The SMILES string of the molecule is CC/C=C\C/C=C\C/C=C\C/C=C\C/C=C\CCCCCCCCCCCCCCCCCCCCCCCCCCCC(=O)OC(COC(=O)CCCCC/C=C\C/C=C\C/C=C\CC)COC(OCC[N+](C)(C)C)C(=O)O. The number of likely N-dealkylation sites (N-methyl/N-ethyl adjacent to an activating group) is 1. The minimum atomic E-state index is -1.52. The third kappa shape index (κ3) is 61.7. The van der Waals surface area contributed by atoms with E-state index in [1.54, 1.807) is 0 Å². The molecule has 2 atom stereocenters. The largest absolute Gasteiger partial charge is 0.477 e. The van der Waals surface area contributed by atoms with E-state index in [2.05, 4.69) is 111 Å². The summed E-state index contributed by atoms with van der Waals surface area (Å²) in [6.07, 6.45) is 79.7. The second kappa shape index (κ2) is 60.3. The van der Waals surface area contributed by atoms with Gasteiger partial charge in [0.05, 0.1) is 34.4 Å². The van der Waals surface area contributed by atoms with E-state index in [1.807, 2.05) is 21.1 Å². The number of carbonyl (C=O) groups is 3. The van der Waals surface area contributed by atoms with E-state index in [4.69, 9.17) is 18.9 Å². The van der Waals surface area contributed by atoms with E-state index in [-0.39, 0.29) is 38.6 Å². The highest BCUT2D eigenvalue weighted by atomic mass is 16.7. The van der Waals surface area contributed by atoms with E-state index in [9.17, 15) is 19.5 Å². The Morgan fingerprint density at radius 2 is 0.684 bits per heavy atom. The van der Waals surface area contributed by atoms with Crippen LogP contribution in [0.5, 0.6) is 0 Å². The number of carboxylic acid groups (broad SMARTS) is 1. The van der Waals surface area contributed by atoms with Crippen LogP contribution in [0.25, 0.3) is 0 Å². The first-order valence-electron chi connectivity index (χ1n) is 32.4. The van der Waals surface area contributed by atoms with Crippen molar-refractivity contribution < 1.29 is 42.9 Å². The highest BCUT2D eigenvalue weighted by Gasteiger charge is 2.25. The van der Waals surface area contributed by atoms with Gasteiger partial charge in [0, 0.05) is 12.8 Å². The van der Waals surface area contributed by atoms with Gasteiger partial charge in [0.25, 0.3) is 6.29 Å². The molecule has 9 heteroatoms. The number of carboxylic acids is 1. The Hall–Kier alpha value is -3.79. The predicted octanol–water partition coefficient (Wildman–Crippen LogP) is 19.7. The minimum Gasteiger partial charge on any atom is -0.477 e. The normalized spacial score (nSPS) is 13.4. The number of rotatable bonds is 59. The van der Waals surface area contributed by atoms with Gasteiger partial charge >= 0.3 is 17.9 Å². The lowest BCUT2D eigenvalue weighted by Crippen LogP contribution is -2.40.